The molecule has 0 saturated carbocycles. The first-order valence-electron chi connectivity index (χ1n) is 10.8. The normalized spacial score (nSPS) is 15.5. The maximum Gasteiger partial charge on any atom is 0.246 e. The Morgan fingerprint density at radius 3 is 2.52 bits per heavy atom. The van der Waals surface area contributed by atoms with E-state index < -0.39 is 0 Å². The van der Waals surface area contributed by atoms with Gasteiger partial charge in [0.2, 0.25) is 5.91 Å². The third-order valence-corrected chi connectivity index (χ3v) is 5.56. The standard InChI is InChI=1S/C25H26N6O2/c1-2-21(32)31-14-6-9-20(15-31)30-25-22(24(26)27-16-28-25)23(33)17-10-12-19(13-11-17)29-18-7-4-3-5-8-18/h2-5,7-8,10-13,16,20,29H,1,6,9,14-15H2,(H3,26,27,28,30). The fraction of sp³-hybridized carbons (Fsp3) is 0.200. The molecule has 1 atom stereocenters. The van der Waals surface area contributed by atoms with Gasteiger partial charge in [-0.2, -0.15) is 0 Å². The molecule has 2 aromatic carbocycles. The molecule has 1 aromatic heterocycles. The monoisotopic (exact) mass is 442 g/mol. The van der Waals surface area contributed by atoms with Gasteiger partial charge < -0.3 is 21.3 Å². The van der Waals surface area contributed by atoms with E-state index in [0.717, 1.165) is 24.2 Å². The molecule has 8 heteroatoms. The number of amides is 1. The summed E-state index contributed by atoms with van der Waals surface area (Å²) < 4.78 is 0. The minimum atomic E-state index is -0.267. The number of para-hydroxylation sites is 1. The lowest BCUT2D eigenvalue weighted by molar-refractivity contribution is -0.127. The van der Waals surface area contributed by atoms with Gasteiger partial charge in [-0.05, 0) is 55.3 Å². The maximum atomic E-state index is 13.3. The third-order valence-electron chi connectivity index (χ3n) is 5.56. The first-order chi connectivity index (χ1) is 16.0. The molecule has 4 N–H and O–H groups in total. The lowest BCUT2D eigenvalue weighted by atomic mass is 10.0. The van der Waals surface area contributed by atoms with Crippen LogP contribution in [0.5, 0.6) is 0 Å². The predicted octanol–water partition coefficient (Wildman–Crippen LogP) is 3.62. The summed E-state index contributed by atoms with van der Waals surface area (Å²) in [6.07, 6.45) is 4.34. The van der Waals surface area contributed by atoms with Gasteiger partial charge >= 0.3 is 0 Å². The number of benzene rings is 2. The highest BCUT2D eigenvalue weighted by molar-refractivity contribution is 6.14. The largest absolute Gasteiger partial charge is 0.383 e. The summed E-state index contributed by atoms with van der Waals surface area (Å²) in [5.41, 5.74) is 8.62. The van der Waals surface area contributed by atoms with Crippen LogP contribution < -0.4 is 16.4 Å². The summed E-state index contributed by atoms with van der Waals surface area (Å²) in [5.74, 6) is 0.108. The quantitative estimate of drug-likeness (QED) is 0.378. The van der Waals surface area contributed by atoms with Crippen molar-refractivity contribution in [2.45, 2.75) is 18.9 Å². The Hall–Kier alpha value is -4.20. The van der Waals surface area contributed by atoms with Crippen molar-refractivity contribution in [3.63, 3.8) is 0 Å². The summed E-state index contributed by atoms with van der Waals surface area (Å²) in [7, 11) is 0. The summed E-state index contributed by atoms with van der Waals surface area (Å²) >= 11 is 0. The summed E-state index contributed by atoms with van der Waals surface area (Å²) in [6.45, 7) is 4.75. The minimum absolute atomic E-state index is 0.0547. The van der Waals surface area contributed by atoms with Gasteiger partial charge in [0.25, 0.3) is 0 Å². The molecule has 8 nitrogen and oxygen atoms in total. The van der Waals surface area contributed by atoms with Crippen molar-refractivity contribution in [2.24, 2.45) is 0 Å². The summed E-state index contributed by atoms with van der Waals surface area (Å²) in [5, 5.41) is 6.59. The van der Waals surface area contributed by atoms with E-state index in [4.69, 9.17) is 5.73 Å². The number of hydrogen-bond donors (Lipinski definition) is 3. The van der Waals surface area contributed by atoms with Crippen molar-refractivity contribution in [3.8, 4) is 0 Å². The van der Waals surface area contributed by atoms with Crippen LogP contribution in [0.4, 0.5) is 23.0 Å². The van der Waals surface area contributed by atoms with Crippen LogP contribution in [0.1, 0.15) is 28.8 Å². The Morgan fingerprint density at radius 2 is 1.79 bits per heavy atom. The van der Waals surface area contributed by atoms with E-state index >= 15 is 0 Å². The van der Waals surface area contributed by atoms with Gasteiger partial charge in [-0.3, -0.25) is 9.59 Å². The SMILES string of the molecule is C=CC(=O)N1CCCC(Nc2ncnc(N)c2C(=O)c2ccc(Nc3ccccc3)cc2)C1. The number of anilines is 4. The predicted molar refractivity (Wildman–Crippen MR) is 129 cm³/mol. The molecule has 0 spiro atoms. The molecule has 1 aliphatic rings. The molecule has 33 heavy (non-hydrogen) atoms. The molecular weight excluding hydrogens is 416 g/mol. The summed E-state index contributed by atoms with van der Waals surface area (Å²) in [4.78, 5) is 35.4. The van der Waals surface area contributed by atoms with Crippen molar-refractivity contribution in [1.29, 1.82) is 0 Å². The molecular formula is C25H26N6O2. The zero-order chi connectivity index (χ0) is 23.2. The average Bonchev–Trinajstić information content (AvgIpc) is 2.84. The van der Waals surface area contributed by atoms with Crippen LogP contribution in [0.2, 0.25) is 0 Å². The molecule has 1 saturated heterocycles. The Morgan fingerprint density at radius 1 is 1.06 bits per heavy atom. The highest BCUT2D eigenvalue weighted by atomic mass is 16.2. The maximum absolute atomic E-state index is 13.3. The molecule has 3 aromatic rings. The number of likely N-dealkylation sites (tertiary alicyclic amines) is 1. The average molecular weight is 443 g/mol. The van der Waals surface area contributed by atoms with Crippen molar-refractivity contribution >= 4 is 34.7 Å². The minimum Gasteiger partial charge on any atom is -0.383 e. The second-order valence-electron chi connectivity index (χ2n) is 7.85. The lowest BCUT2D eigenvalue weighted by Gasteiger charge is -2.33. The second kappa shape index (κ2) is 9.95. The molecule has 2 heterocycles. The van der Waals surface area contributed by atoms with E-state index in [1.807, 2.05) is 42.5 Å². The summed E-state index contributed by atoms with van der Waals surface area (Å²) in [6, 6.07) is 16.9. The number of nitrogens with one attached hydrogen (secondary N) is 2. The topological polar surface area (TPSA) is 113 Å². The van der Waals surface area contributed by atoms with Gasteiger partial charge in [0.1, 0.15) is 23.5 Å². The van der Waals surface area contributed by atoms with Gasteiger partial charge in [-0.25, -0.2) is 9.97 Å². The van der Waals surface area contributed by atoms with Crippen LogP contribution in [0.25, 0.3) is 0 Å². The van der Waals surface area contributed by atoms with Gasteiger partial charge in [0.15, 0.2) is 5.78 Å². The molecule has 1 unspecified atom stereocenters. The number of piperidine rings is 1. The number of nitrogen functional groups attached to an aromatic ring is 1. The Balaban J connectivity index is 1.52. The fourth-order valence-corrected chi connectivity index (χ4v) is 3.89. The van der Waals surface area contributed by atoms with E-state index in [1.165, 1.54) is 12.4 Å². The van der Waals surface area contributed by atoms with Gasteiger partial charge in [0.05, 0.1) is 0 Å². The number of carbonyl (C=O) groups excluding carboxylic acids is 2. The van der Waals surface area contributed by atoms with Crippen LogP contribution in [-0.4, -0.2) is 45.7 Å². The molecule has 168 valence electrons. The van der Waals surface area contributed by atoms with Crippen LogP contribution in [-0.2, 0) is 4.79 Å². The smallest absolute Gasteiger partial charge is 0.246 e. The van der Waals surface area contributed by atoms with Crippen molar-refractivity contribution in [1.82, 2.24) is 14.9 Å². The highest BCUT2D eigenvalue weighted by Crippen LogP contribution is 2.25. The first-order valence-corrected chi connectivity index (χ1v) is 10.8. The van der Waals surface area contributed by atoms with E-state index in [1.54, 1.807) is 17.0 Å². The molecule has 0 radical (unpaired) electrons. The van der Waals surface area contributed by atoms with Crippen LogP contribution >= 0.6 is 0 Å². The Labute approximate surface area is 192 Å². The Bertz CT molecular complexity index is 1150. The van der Waals surface area contributed by atoms with Crippen molar-refractivity contribution in [3.05, 3.63) is 84.7 Å². The number of ketones is 1. The zero-order valence-electron chi connectivity index (χ0n) is 18.2. The van der Waals surface area contributed by atoms with Crippen LogP contribution in [0.3, 0.4) is 0 Å². The molecule has 1 amide bonds. The van der Waals surface area contributed by atoms with Gasteiger partial charge in [-0.15, -0.1) is 0 Å². The fourth-order valence-electron chi connectivity index (χ4n) is 3.89. The van der Waals surface area contributed by atoms with Crippen LogP contribution in [0.15, 0.2) is 73.6 Å². The van der Waals surface area contributed by atoms with E-state index in [9.17, 15) is 9.59 Å². The Kier molecular flexibility index (Phi) is 6.64. The molecule has 0 bridgehead atoms. The number of nitrogens with two attached hydrogens (primary N) is 1. The first kappa shape index (κ1) is 22.0. The lowest BCUT2D eigenvalue weighted by Crippen LogP contribution is -2.44. The van der Waals surface area contributed by atoms with E-state index in [-0.39, 0.29) is 29.1 Å². The van der Waals surface area contributed by atoms with Gasteiger partial charge in [-0.1, -0.05) is 24.8 Å². The third kappa shape index (κ3) is 5.17. The number of aromatic nitrogens is 2. The number of hydrogen-bond acceptors (Lipinski definition) is 7. The second-order valence-corrected chi connectivity index (χ2v) is 7.85. The zero-order valence-corrected chi connectivity index (χ0v) is 18.2. The van der Waals surface area contributed by atoms with Crippen LogP contribution in [0, 0.1) is 0 Å². The number of nitrogens with zero attached hydrogens (tertiary/aromatic N) is 3. The van der Waals surface area contributed by atoms with E-state index in [0.29, 0.717) is 24.5 Å². The molecule has 1 fully saturated rings. The van der Waals surface area contributed by atoms with Crippen molar-refractivity contribution < 1.29 is 9.59 Å². The number of rotatable bonds is 7. The molecule has 1 aliphatic heterocycles. The van der Waals surface area contributed by atoms with Gasteiger partial charge in [0, 0.05) is 36.1 Å². The van der Waals surface area contributed by atoms with Crippen molar-refractivity contribution in [2.75, 3.05) is 29.5 Å². The van der Waals surface area contributed by atoms with E-state index in [2.05, 4.69) is 27.2 Å². The highest BCUT2D eigenvalue weighted by Gasteiger charge is 2.25. The molecule has 4 rings (SSSR count). The molecule has 0 aliphatic carbocycles. The number of carbonyl (C=O) groups is 2.